The number of hydrogen-bond acceptors (Lipinski definition) is 5. The lowest BCUT2D eigenvalue weighted by molar-refractivity contribution is -0.143. The zero-order valence-corrected chi connectivity index (χ0v) is 15.3. The first kappa shape index (κ1) is 17.6. The summed E-state index contributed by atoms with van der Waals surface area (Å²) in [5.74, 6) is 0.642. The van der Waals surface area contributed by atoms with Crippen LogP contribution in [0.2, 0.25) is 0 Å². The number of anilines is 1. The Morgan fingerprint density at radius 2 is 1.84 bits per heavy atom. The minimum absolute atomic E-state index is 0.0149. The van der Waals surface area contributed by atoms with Gasteiger partial charge in [0.25, 0.3) is 0 Å². The molecule has 25 heavy (non-hydrogen) atoms. The molecule has 2 aliphatic rings. The van der Waals surface area contributed by atoms with Gasteiger partial charge < -0.3 is 15.0 Å². The van der Waals surface area contributed by atoms with E-state index in [-0.39, 0.29) is 28.7 Å². The van der Waals surface area contributed by atoms with Gasteiger partial charge in [-0.05, 0) is 24.7 Å². The molecule has 1 aliphatic carbocycles. The Morgan fingerprint density at radius 1 is 1.24 bits per heavy atom. The van der Waals surface area contributed by atoms with Gasteiger partial charge >= 0.3 is 12.0 Å². The highest BCUT2D eigenvalue weighted by Crippen LogP contribution is 2.59. The number of urea groups is 1. The van der Waals surface area contributed by atoms with Gasteiger partial charge in [0.15, 0.2) is 0 Å². The van der Waals surface area contributed by atoms with Gasteiger partial charge in [-0.2, -0.15) is 0 Å². The Balaban J connectivity index is 1.53. The molecule has 2 fully saturated rings. The van der Waals surface area contributed by atoms with Crippen molar-refractivity contribution >= 4 is 17.7 Å². The van der Waals surface area contributed by atoms with Crippen LogP contribution >= 0.6 is 0 Å². The number of likely N-dealkylation sites (tertiary alicyclic amines) is 1. The van der Waals surface area contributed by atoms with Gasteiger partial charge in [0.05, 0.1) is 31.1 Å². The van der Waals surface area contributed by atoms with Gasteiger partial charge in [-0.3, -0.25) is 4.79 Å². The standard InChI is InChI=1S/C18H26N4O3/c1-17(2,3)15-19-10-12(11-20-15)21-16(24)22-7-5-18(6-8-22)9-13(18)14(23)25-4/h10-11,13H,5-9H2,1-4H3,(H,21,24)/t13-/m1/s1. The van der Waals surface area contributed by atoms with Crippen molar-refractivity contribution < 1.29 is 14.3 Å². The molecule has 1 N–H and O–H groups in total. The van der Waals surface area contributed by atoms with E-state index >= 15 is 0 Å². The number of carbonyl (C=O) groups is 2. The van der Waals surface area contributed by atoms with Crippen molar-refractivity contribution in [1.82, 2.24) is 14.9 Å². The van der Waals surface area contributed by atoms with E-state index in [0.29, 0.717) is 18.8 Å². The fourth-order valence-electron chi connectivity index (χ4n) is 3.51. The van der Waals surface area contributed by atoms with Gasteiger partial charge in [-0.15, -0.1) is 0 Å². The minimum atomic E-state index is -0.141. The van der Waals surface area contributed by atoms with E-state index in [1.165, 1.54) is 7.11 Å². The van der Waals surface area contributed by atoms with Crippen LogP contribution in [0.15, 0.2) is 12.4 Å². The molecular formula is C18H26N4O3. The highest BCUT2D eigenvalue weighted by atomic mass is 16.5. The van der Waals surface area contributed by atoms with Crippen LogP contribution in [0.5, 0.6) is 0 Å². The van der Waals surface area contributed by atoms with Crippen LogP contribution in [0.4, 0.5) is 10.5 Å². The first-order valence-corrected chi connectivity index (χ1v) is 8.71. The van der Waals surface area contributed by atoms with Crippen LogP contribution in [0.25, 0.3) is 0 Å². The number of carbonyl (C=O) groups excluding carboxylic acids is 2. The van der Waals surface area contributed by atoms with Crippen LogP contribution in [0.1, 0.15) is 45.9 Å². The highest BCUT2D eigenvalue weighted by molar-refractivity contribution is 5.89. The highest BCUT2D eigenvalue weighted by Gasteiger charge is 2.59. The van der Waals surface area contributed by atoms with Gasteiger partial charge in [0, 0.05) is 18.5 Å². The monoisotopic (exact) mass is 346 g/mol. The first-order chi connectivity index (χ1) is 11.7. The van der Waals surface area contributed by atoms with Crippen molar-refractivity contribution in [3.05, 3.63) is 18.2 Å². The predicted molar refractivity (Wildman–Crippen MR) is 93.1 cm³/mol. The zero-order valence-electron chi connectivity index (χ0n) is 15.3. The maximum atomic E-state index is 12.4. The summed E-state index contributed by atoms with van der Waals surface area (Å²) in [6.07, 6.45) is 5.87. The molecule has 2 heterocycles. The number of ether oxygens (including phenoxy) is 1. The molecular weight excluding hydrogens is 320 g/mol. The van der Waals surface area contributed by atoms with E-state index in [2.05, 4.69) is 15.3 Å². The van der Waals surface area contributed by atoms with Crippen LogP contribution in [0.3, 0.4) is 0 Å². The first-order valence-electron chi connectivity index (χ1n) is 8.71. The molecule has 7 heteroatoms. The Kier molecular flexibility index (Phi) is 4.43. The molecule has 0 bridgehead atoms. The maximum absolute atomic E-state index is 12.4. The van der Waals surface area contributed by atoms with Crippen molar-refractivity contribution in [2.75, 3.05) is 25.5 Å². The number of methoxy groups -OCH3 is 1. The lowest BCUT2D eigenvalue weighted by Gasteiger charge is -2.32. The molecule has 1 saturated carbocycles. The van der Waals surface area contributed by atoms with Crippen molar-refractivity contribution in [2.24, 2.45) is 11.3 Å². The third kappa shape index (κ3) is 3.60. The smallest absolute Gasteiger partial charge is 0.321 e. The summed E-state index contributed by atoms with van der Waals surface area (Å²) in [6, 6.07) is -0.141. The van der Waals surface area contributed by atoms with Crippen LogP contribution in [-0.2, 0) is 14.9 Å². The second-order valence-corrected chi connectivity index (χ2v) is 8.10. The Hall–Kier alpha value is -2.18. The fourth-order valence-corrected chi connectivity index (χ4v) is 3.51. The second kappa shape index (κ2) is 6.28. The van der Waals surface area contributed by atoms with E-state index in [0.717, 1.165) is 25.1 Å². The van der Waals surface area contributed by atoms with E-state index in [1.54, 1.807) is 17.3 Å². The quantitative estimate of drug-likeness (QED) is 0.832. The lowest BCUT2D eigenvalue weighted by atomic mass is 9.91. The maximum Gasteiger partial charge on any atom is 0.321 e. The molecule has 2 amide bonds. The lowest BCUT2D eigenvalue weighted by Crippen LogP contribution is -2.42. The number of nitrogens with zero attached hydrogens (tertiary/aromatic N) is 3. The molecule has 7 nitrogen and oxygen atoms in total. The van der Waals surface area contributed by atoms with E-state index in [9.17, 15) is 9.59 Å². The number of nitrogens with one attached hydrogen (secondary N) is 1. The van der Waals surface area contributed by atoms with E-state index in [1.807, 2.05) is 20.8 Å². The molecule has 1 aliphatic heterocycles. The number of amides is 2. The molecule has 0 aromatic carbocycles. The van der Waals surface area contributed by atoms with Gasteiger partial charge in [0.2, 0.25) is 0 Å². The molecule has 3 rings (SSSR count). The summed E-state index contributed by atoms with van der Waals surface area (Å²) in [5.41, 5.74) is 0.531. The van der Waals surface area contributed by atoms with Crippen LogP contribution < -0.4 is 5.32 Å². The Bertz CT molecular complexity index is 658. The largest absolute Gasteiger partial charge is 0.469 e. The summed E-state index contributed by atoms with van der Waals surface area (Å²) in [6.45, 7) is 7.44. The number of rotatable bonds is 2. The van der Waals surface area contributed by atoms with E-state index in [4.69, 9.17) is 4.74 Å². The minimum Gasteiger partial charge on any atom is -0.469 e. The molecule has 1 spiro atoms. The molecule has 0 radical (unpaired) electrons. The number of esters is 1. The summed E-state index contributed by atoms with van der Waals surface area (Å²) in [7, 11) is 1.43. The normalized spacial score (nSPS) is 21.8. The van der Waals surface area contributed by atoms with Crippen molar-refractivity contribution in [3.63, 3.8) is 0 Å². The van der Waals surface area contributed by atoms with Gasteiger partial charge in [-0.25, -0.2) is 14.8 Å². The predicted octanol–water partition coefficient (Wildman–Crippen LogP) is 2.58. The summed E-state index contributed by atoms with van der Waals surface area (Å²) < 4.78 is 4.84. The molecule has 1 aromatic rings. The summed E-state index contributed by atoms with van der Waals surface area (Å²) in [5, 5.41) is 2.85. The second-order valence-electron chi connectivity index (χ2n) is 8.10. The van der Waals surface area contributed by atoms with Crippen LogP contribution in [0, 0.1) is 11.3 Å². The van der Waals surface area contributed by atoms with Crippen molar-refractivity contribution in [1.29, 1.82) is 0 Å². The SMILES string of the molecule is COC(=O)[C@H]1CC12CCN(C(=O)Nc1cnc(C(C)(C)C)nc1)CC2. The molecule has 0 unspecified atom stereocenters. The fraction of sp³-hybridized carbons (Fsp3) is 0.667. The summed E-state index contributed by atoms with van der Waals surface area (Å²) >= 11 is 0. The van der Waals surface area contributed by atoms with Gasteiger partial charge in [-0.1, -0.05) is 20.8 Å². The van der Waals surface area contributed by atoms with Crippen molar-refractivity contribution in [3.8, 4) is 0 Å². The molecule has 1 aromatic heterocycles. The zero-order chi connectivity index (χ0) is 18.2. The van der Waals surface area contributed by atoms with E-state index < -0.39 is 0 Å². The topological polar surface area (TPSA) is 84.4 Å². The number of aromatic nitrogens is 2. The third-order valence-corrected chi connectivity index (χ3v) is 5.30. The molecule has 136 valence electrons. The average Bonchev–Trinajstić information content (AvgIpc) is 3.27. The third-order valence-electron chi connectivity index (χ3n) is 5.30. The molecule has 1 atom stereocenters. The number of piperidine rings is 1. The average molecular weight is 346 g/mol. The number of hydrogen-bond donors (Lipinski definition) is 1. The summed E-state index contributed by atoms with van der Waals surface area (Å²) in [4.78, 5) is 34.5. The van der Waals surface area contributed by atoms with Gasteiger partial charge in [0.1, 0.15) is 5.82 Å². The Labute approximate surface area is 148 Å². The molecule has 1 saturated heterocycles. The van der Waals surface area contributed by atoms with Crippen molar-refractivity contribution in [2.45, 2.75) is 45.4 Å². The van der Waals surface area contributed by atoms with Crippen LogP contribution in [-0.4, -0.2) is 47.1 Å². The Morgan fingerprint density at radius 3 is 2.36 bits per heavy atom.